The Kier molecular flexibility index (Phi) is 5.35. The molecule has 0 saturated heterocycles. The van der Waals surface area contributed by atoms with Crippen LogP contribution in [0.3, 0.4) is 0 Å². The molecule has 0 aliphatic rings. The summed E-state index contributed by atoms with van der Waals surface area (Å²) < 4.78 is 15.0. The van der Waals surface area contributed by atoms with E-state index in [-0.39, 0.29) is 11.9 Å². The summed E-state index contributed by atoms with van der Waals surface area (Å²) in [5, 5.41) is 3.32. The van der Waals surface area contributed by atoms with Crippen molar-refractivity contribution in [2.24, 2.45) is 0 Å². The summed E-state index contributed by atoms with van der Waals surface area (Å²) in [6.45, 7) is 2.07. The first kappa shape index (κ1) is 15.7. The van der Waals surface area contributed by atoms with E-state index in [9.17, 15) is 4.39 Å². The Balaban J connectivity index is 2.28. The first-order chi connectivity index (χ1) is 9.51. The predicted octanol–water partition coefficient (Wildman–Crippen LogP) is 5.16. The lowest BCUT2D eigenvalue weighted by atomic mass is 9.98. The molecule has 0 heterocycles. The van der Waals surface area contributed by atoms with Crippen LogP contribution in [-0.4, -0.2) is 7.05 Å². The number of rotatable bonds is 4. The van der Waals surface area contributed by atoms with Crippen molar-refractivity contribution in [1.82, 2.24) is 5.32 Å². The molecule has 2 aromatic carbocycles. The van der Waals surface area contributed by atoms with Gasteiger partial charge in [0.15, 0.2) is 0 Å². The molecule has 0 amide bonds. The van der Waals surface area contributed by atoms with E-state index in [4.69, 9.17) is 0 Å². The smallest absolute Gasteiger partial charge is 0.124 e. The number of hydrogen-bond acceptors (Lipinski definition) is 1. The fourth-order valence-electron chi connectivity index (χ4n) is 2.19. The van der Waals surface area contributed by atoms with Crippen LogP contribution in [0, 0.1) is 12.7 Å². The Morgan fingerprint density at radius 2 is 1.85 bits per heavy atom. The zero-order valence-corrected chi connectivity index (χ0v) is 14.6. The average Bonchev–Trinajstić information content (AvgIpc) is 2.39. The molecule has 2 rings (SSSR count). The van der Waals surface area contributed by atoms with Crippen LogP contribution < -0.4 is 5.32 Å². The molecule has 0 saturated carbocycles. The van der Waals surface area contributed by atoms with Crippen LogP contribution in [0.15, 0.2) is 45.3 Å². The molecule has 0 fully saturated rings. The van der Waals surface area contributed by atoms with Gasteiger partial charge in [-0.3, -0.25) is 0 Å². The van der Waals surface area contributed by atoms with Crippen LogP contribution in [0.25, 0.3) is 0 Å². The van der Waals surface area contributed by atoms with Crippen LogP contribution in [0.4, 0.5) is 4.39 Å². The molecule has 4 heteroatoms. The van der Waals surface area contributed by atoms with E-state index in [1.165, 1.54) is 23.3 Å². The third-order valence-electron chi connectivity index (χ3n) is 3.32. The minimum atomic E-state index is -0.224. The highest BCUT2D eigenvalue weighted by Gasteiger charge is 2.15. The van der Waals surface area contributed by atoms with E-state index in [1.54, 1.807) is 0 Å². The highest BCUT2D eigenvalue weighted by atomic mass is 79.9. The Morgan fingerprint density at radius 3 is 2.45 bits per heavy atom. The number of halogens is 3. The van der Waals surface area contributed by atoms with Crippen molar-refractivity contribution in [2.75, 3.05) is 7.05 Å². The van der Waals surface area contributed by atoms with Crippen LogP contribution in [0.5, 0.6) is 0 Å². The molecule has 1 atom stereocenters. The van der Waals surface area contributed by atoms with Gasteiger partial charge in [-0.15, -0.1) is 0 Å². The van der Waals surface area contributed by atoms with Gasteiger partial charge in [0.2, 0.25) is 0 Å². The van der Waals surface area contributed by atoms with Gasteiger partial charge in [0, 0.05) is 15.0 Å². The third kappa shape index (κ3) is 3.68. The summed E-state index contributed by atoms with van der Waals surface area (Å²) in [5.41, 5.74) is 3.51. The number of likely N-dealkylation sites (N-methyl/N-ethyl adjacent to an activating group) is 1. The monoisotopic (exact) mass is 399 g/mol. The van der Waals surface area contributed by atoms with Gasteiger partial charge in [-0.25, -0.2) is 4.39 Å². The molecule has 0 aromatic heterocycles. The van der Waals surface area contributed by atoms with E-state index in [0.29, 0.717) is 0 Å². The van der Waals surface area contributed by atoms with Crippen LogP contribution in [0.1, 0.15) is 22.7 Å². The second-order valence-corrected chi connectivity index (χ2v) is 6.51. The van der Waals surface area contributed by atoms with Gasteiger partial charge in [-0.1, -0.05) is 50.1 Å². The molecule has 1 N–H and O–H groups in total. The first-order valence-electron chi connectivity index (χ1n) is 6.38. The van der Waals surface area contributed by atoms with Gasteiger partial charge in [0.05, 0.1) is 0 Å². The molecule has 0 spiro atoms. The summed E-state index contributed by atoms with van der Waals surface area (Å²) in [4.78, 5) is 0. The van der Waals surface area contributed by atoms with Crippen LogP contribution in [-0.2, 0) is 6.42 Å². The van der Waals surface area contributed by atoms with Gasteiger partial charge < -0.3 is 5.32 Å². The van der Waals surface area contributed by atoms with E-state index >= 15 is 0 Å². The number of nitrogens with one attached hydrogen (secondary N) is 1. The zero-order valence-electron chi connectivity index (χ0n) is 11.4. The van der Waals surface area contributed by atoms with Crippen molar-refractivity contribution in [3.63, 3.8) is 0 Å². The summed E-state index contributed by atoms with van der Waals surface area (Å²) in [6.07, 6.45) is 0.791. The molecule has 2 aromatic rings. The average molecular weight is 401 g/mol. The Bertz CT molecular complexity index is 613. The maximum absolute atomic E-state index is 13.1. The maximum atomic E-state index is 13.1. The topological polar surface area (TPSA) is 12.0 Å². The molecule has 0 radical (unpaired) electrons. The lowest BCUT2D eigenvalue weighted by Crippen LogP contribution is -2.19. The quantitative estimate of drug-likeness (QED) is 0.747. The van der Waals surface area contributed by atoms with E-state index < -0.39 is 0 Å². The van der Waals surface area contributed by atoms with Gasteiger partial charge in [0.25, 0.3) is 0 Å². The summed E-state index contributed by atoms with van der Waals surface area (Å²) in [6, 6.07) is 11.3. The molecule has 1 unspecified atom stereocenters. The van der Waals surface area contributed by atoms with Crippen molar-refractivity contribution in [1.29, 1.82) is 0 Å². The SMILES string of the molecule is CNC(Cc1ccc(F)cc1Br)c1ccc(C)cc1Br. The lowest BCUT2D eigenvalue weighted by molar-refractivity contribution is 0.585. The van der Waals surface area contributed by atoms with Crippen molar-refractivity contribution in [2.45, 2.75) is 19.4 Å². The van der Waals surface area contributed by atoms with Gasteiger partial charge in [0.1, 0.15) is 5.82 Å². The fraction of sp³-hybridized carbons (Fsp3) is 0.250. The van der Waals surface area contributed by atoms with Gasteiger partial charge in [-0.05, 0) is 55.3 Å². The Labute approximate surface area is 135 Å². The van der Waals surface area contributed by atoms with Crippen molar-refractivity contribution in [3.05, 3.63) is 67.9 Å². The van der Waals surface area contributed by atoms with Crippen LogP contribution >= 0.6 is 31.9 Å². The van der Waals surface area contributed by atoms with E-state index in [1.807, 2.05) is 13.1 Å². The maximum Gasteiger partial charge on any atom is 0.124 e. The zero-order chi connectivity index (χ0) is 14.7. The van der Waals surface area contributed by atoms with Crippen LogP contribution in [0.2, 0.25) is 0 Å². The Hall–Kier alpha value is -0.710. The molecular formula is C16H16Br2FN. The van der Waals surface area contributed by atoms with Gasteiger partial charge in [-0.2, -0.15) is 0 Å². The van der Waals surface area contributed by atoms with Crippen molar-refractivity contribution >= 4 is 31.9 Å². The predicted molar refractivity (Wildman–Crippen MR) is 88.5 cm³/mol. The summed E-state index contributed by atoms with van der Waals surface area (Å²) in [5.74, 6) is -0.224. The molecule has 20 heavy (non-hydrogen) atoms. The second kappa shape index (κ2) is 6.83. The van der Waals surface area contributed by atoms with Crippen molar-refractivity contribution < 1.29 is 4.39 Å². The second-order valence-electron chi connectivity index (χ2n) is 4.81. The van der Waals surface area contributed by atoms with E-state index in [0.717, 1.165) is 20.9 Å². The number of hydrogen-bond donors (Lipinski definition) is 1. The summed E-state index contributed by atoms with van der Waals surface area (Å²) >= 11 is 7.05. The number of benzene rings is 2. The molecular weight excluding hydrogens is 385 g/mol. The van der Waals surface area contributed by atoms with Crippen molar-refractivity contribution in [3.8, 4) is 0 Å². The number of aryl methyl sites for hydroxylation is 1. The molecule has 0 aliphatic carbocycles. The van der Waals surface area contributed by atoms with E-state index in [2.05, 4.69) is 62.3 Å². The molecule has 106 valence electrons. The molecule has 0 aliphatic heterocycles. The summed E-state index contributed by atoms with van der Waals surface area (Å²) in [7, 11) is 1.94. The molecule has 1 nitrogen and oxygen atoms in total. The fourth-order valence-corrected chi connectivity index (χ4v) is 3.47. The standard InChI is InChI=1S/C16H16Br2FN/c1-10-3-6-13(15(18)7-10)16(20-2)8-11-4-5-12(19)9-14(11)17/h3-7,9,16,20H,8H2,1-2H3. The normalized spacial score (nSPS) is 12.4. The minimum Gasteiger partial charge on any atom is -0.313 e. The van der Waals surface area contributed by atoms with Gasteiger partial charge >= 0.3 is 0 Å². The molecule has 0 bridgehead atoms. The largest absolute Gasteiger partial charge is 0.313 e. The lowest BCUT2D eigenvalue weighted by Gasteiger charge is -2.19. The minimum absolute atomic E-state index is 0.173. The Morgan fingerprint density at radius 1 is 1.10 bits per heavy atom. The third-order valence-corrected chi connectivity index (χ3v) is 4.74. The highest BCUT2D eigenvalue weighted by Crippen LogP contribution is 2.29. The first-order valence-corrected chi connectivity index (χ1v) is 7.97. The highest BCUT2D eigenvalue weighted by molar-refractivity contribution is 9.10.